The van der Waals surface area contributed by atoms with Crippen molar-refractivity contribution >= 4 is 38.9 Å². The normalized spacial score (nSPS) is 16.7. The van der Waals surface area contributed by atoms with Crippen molar-refractivity contribution in [3.63, 3.8) is 0 Å². The Bertz CT molecular complexity index is 831. The maximum atomic E-state index is 12.6. The Labute approximate surface area is 155 Å². The molecule has 25 heavy (non-hydrogen) atoms. The second-order valence-electron chi connectivity index (χ2n) is 5.85. The number of carbonyl (C=O) groups is 1. The number of amides is 1. The van der Waals surface area contributed by atoms with Crippen LogP contribution in [-0.2, 0) is 10.0 Å². The summed E-state index contributed by atoms with van der Waals surface area (Å²) in [7, 11) is -3.49. The zero-order valence-electron chi connectivity index (χ0n) is 13.4. The molecule has 0 unspecified atom stereocenters. The maximum absolute atomic E-state index is 12.6. The fraction of sp³-hybridized carbons (Fsp3) is 0.375. The number of hydrogen-bond donors (Lipinski definition) is 1. The minimum Gasteiger partial charge on any atom is -0.351 e. The molecule has 1 fully saturated rings. The number of halogens is 1. The molecule has 0 spiro atoms. The second kappa shape index (κ2) is 7.82. The molecule has 0 saturated carbocycles. The van der Waals surface area contributed by atoms with Gasteiger partial charge in [0.15, 0.2) is 0 Å². The average Bonchev–Trinajstić information content (AvgIpc) is 3.07. The van der Waals surface area contributed by atoms with Crippen molar-refractivity contribution < 1.29 is 13.2 Å². The molecule has 0 bridgehead atoms. The predicted molar refractivity (Wildman–Crippen MR) is 97.4 cm³/mol. The monoisotopic (exact) mass is 399 g/mol. The maximum Gasteiger partial charge on any atom is 0.261 e. The number of piperidine rings is 1. The number of nitrogens with zero attached hydrogens (tertiary/aromatic N) is 2. The van der Waals surface area contributed by atoms with Gasteiger partial charge in [0.2, 0.25) is 10.0 Å². The van der Waals surface area contributed by atoms with Crippen molar-refractivity contribution in [3.8, 4) is 0 Å². The molecule has 9 heteroatoms. The van der Waals surface area contributed by atoms with Crippen LogP contribution in [0.4, 0.5) is 0 Å². The molecule has 3 rings (SSSR count). The second-order valence-corrected chi connectivity index (χ2v) is 9.50. The number of thiophene rings is 1. The Balaban J connectivity index is 1.51. The highest BCUT2D eigenvalue weighted by atomic mass is 35.5. The van der Waals surface area contributed by atoms with Crippen molar-refractivity contribution in [2.45, 2.75) is 17.7 Å². The summed E-state index contributed by atoms with van der Waals surface area (Å²) in [4.78, 5) is 16.7. The number of aromatic nitrogens is 1. The molecule has 1 N–H and O–H groups in total. The number of sulfonamides is 1. The zero-order chi connectivity index (χ0) is 17.9. The Morgan fingerprint density at radius 2 is 2.08 bits per heavy atom. The van der Waals surface area contributed by atoms with Gasteiger partial charge in [-0.05, 0) is 43.0 Å². The van der Waals surface area contributed by atoms with Crippen LogP contribution in [0.15, 0.2) is 41.6 Å². The first-order valence-electron chi connectivity index (χ1n) is 7.90. The summed E-state index contributed by atoms with van der Waals surface area (Å²) >= 11 is 7.08. The molecule has 0 aliphatic carbocycles. The van der Waals surface area contributed by atoms with E-state index in [-0.39, 0.29) is 16.7 Å². The van der Waals surface area contributed by atoms with Gasteiger partial charge in [-0.2, -0.15) is 4.31 Å². The van der Waals surface area contributed by atoms with Gasteiger partial charge < -0.3 is 5.32 Å². The summed E-state index contributed by atoms with van der Waals surface area (Å²) in [5.74, 6) is 0.127. The average molecular weight is 400 g/mol. The lowest BCUT2D eigenvalue weighted by Gasteiger charge is -2.31. The van der Waals surface area contributed by atoms with E-state index in [4.69, 9.17) is 11.6 Å². The fourth-order valence-corrected chi connectivity index (χ4v) is 5.16. The molecule has 1 aliphatic heterocycles. The molecular formula is C16H18ClN3O3S2. The molecule has 2 aromatic rings. The molecule has 1 aliphatic rings. The summed E-state index contributed by atoms with van der Waals surface area (Å²) in [6, 6.07) is 6.57. The third-order valence-electron chi connectivity index (χ3n) is 4.19. The first-order chi connectivity index (χ1) is 12.0. The standard InChI is InChI=1S/C16H18ClN3O3S2/c17-15-4-3-14(24-15)16(21)19-10-12-5-8-20(9-6-12)25(22,23)13-2-1-7-18-11-13/h1-4,7,11-12H,5-6,8-10H2,(H,19,21). The third kappa shape index (κ3) is 4.38. The van der Waals surface area contributed by atoms with Crippen LogP contribution < -0.4 is 5.32 Å². The van der Waals surface area contributed by atoms with E-state index in [1.54, 1.807) is 30.5 Å². The summed E-state index contributed by atoms with van der Waals surface area (Å²) in [6.45, 7) is 1.43. The van der Waals surface area contributed by atoms with Crippen molar-refractivity contribution in [3.05, 3.63) is 45.9 Å². The van der Waals surface area contributed by atoms with Crippen molar-refractivity contribution in [2.24, 2.45) is 5.92 Å². The molecule has 0 atom stereocenters. The van der Waals surface area contributed by atoms with Crippen LogP contribution in [-0.4, -0.2) is 43.2 Å². The molecule has 6 nitrogen and oxygen atoms in total. The van der Waals surface area contributed by atoms with E-state index in [9.17, 15) is 13.2 Å². The summed E-state index contributed by atoms with van der Waals surface area (Å²) < 4.78 is 27.2. The molecule has 0 aromatic carbocycles. The van der Waals surface area contributed by atoms with Crippen LogP contribution in [0.1, 0.15) is 22.5 Å². The largest absolute Gasteiger partial charge is 0.351 e. The molecule has 1 amide bonds. The molecule has 0 radical (unpaired) electrons. The van der Waals surface area contributed by atoms with Gasteiger partial charge in [-0.1, -0.05) is 11.6 Å². The minimum atomic E-state index is -3.49. The topological polar surface area (TPSA) is 79.4 Å². The number of rotatable bonds is 5. The summed E-state index contributed by atoms with van der Waals surface area (Å²) in [5, 5.41) is 2.90. The van der Waals surface area contributed by atoms with E-state index < -0.39 is 10.0 Å². The summed E-state index contributed by atoms with van der Waals surface area (Å²) in [6.07, 6.45) is 4.35. The van der Waals surface area contributed by atoms with Crippen LogP contribution in [0.3, 0.4) is 0 Å². The van der Waals surface area contributed by atoms with Gasteiger partial charge in [0.25, 0.3) is 5.91 Å². The van der Waals surface area contributed by atoms with E-state index in [0.717, 1.165) is 0 Å². The predicted octanol–water partition coefficient (Wildman–Crippen LogP) is 2.63. The van der Waals surface area contributed by atoms with Crippen LogP contribution >= 0.6 is 22.9 Å². The third-order valence-corrected chi connectivity index (χ3v) is 7.31. The van der Waals surface area contributed by atoms with Gasteiger partial charge in [-0.25, -0.2) is 8.42 Å². The smallest absolute Gasteiger partial charge is 0.261 e. The van der Waals surface area contributed by atoms with Gasteiger partial charge in [-0.15, -0.1) is 11.3 Å². The number of hydrogen-bond acceptors (Lipinski definition) is 5. The van der Waals surface area contributed by atoms with E-state index >= 15 is 0 Å². The molecular weight excluding hydrogens is 382 g/mol. The van der Waals surface area contributed by atoms with E-state index in [2.05, 4.69) is 10.3 Å². The van der Waals surface area contributed by atoms with Crippen molar-refractivity contribution in [1.29, 1.82) is 0 Å². The van der Waals surface area contributed by atoms with Gasteiger partial charge in [0.05, 0.1) is 9.21 Å². The highest BCUT2D eigenvalue weighted by Crippen LogP contribution is 2.24. The summed E-state index contributed by atoms with van der Waals surface area (Å²) in [5.41, 5.74) is 0. The van der Waals surface area contributed by atoms with E-state index in [1.165, 1.54) is 21.8 Å². The first kappa shape index (κ1) is 18.3. The first-order valence-corrected chi connectivity index (χ1v) is 10.5. The van der Waals surface area contributed by atoms with Gasteiger partial charge in [0, 0.05) is 32.0 Å². The van der Waals surface area contributed by atoms with Crippen LogP contribution in [0.2, 0.25) is 4.34 Å². The van der Waals surface area contributed by atoms with Gasteiger partial charge in [0.1, 0.15) is 4.90 Å². The highest BCUT2D eigenvalue weighted by Gasteiger charge is 2.29. The van der Waals surface area contributed by atoms with E-state index in [0.29, 0.717) is 41.7 Å². The number of carbonyl (C=O) groups excluding carboxylic acids is 1. The zero-order valence-corrected chi connectivity index (χ0v) is 15.8. The van der Waals surface area contributed by atoms with Crippen LogP contribution in [0.25, 0.3) is 0 Å². The lowest BCUT2D eigenvalue weighted by atomic mass is 9.98. The lowest BCUT2D eigenvalue weighted by Crippen LogP contribution is -2.41. The fourth-order valence-electron chi connectivity index (χ4n) is 2.76. The van der Waals surface area contributed by atoms with Crippen LogP contribution in [0, 0.1) is 5.92 Å². The Morgan fingerprint density at radius 1 is 1.32 bits per heavy atom. The van der Waals surface area contributed by atoms with Gasteiger partial charge in [-0.3, -0.25) is 9.78 Å². The minimum absolute atomic E-state index is 0.137. The lowest BCUT2D eigenvalue weighted by molar-refractivity contribution is 0.0945. The Kier molecular flexibility index (Phi) is 5.73. The highest BCUT2D eigenvalue weighted by molar-refractivity contribution is 7.89. The number of pyridine rings is 1. The molecule has 3 heterocycles. The van der Waals surface area contributed by atoms with Crippen molar-refractivity contribution in [2.75, 3.05) is 19.6 Å². The van der Waals surface area contributed by atoms with Crippen molar-refractivity contribution in [1.82, 2.24) is 14.6 Å². The SMILES string of the molecule is O=C(NCC1CCN(S(=O)(=O)c2cccnc2)CC1)c1ccc(Cl)s1. The van der Waals surface area contributed by atoms with E-state index in [1.807, 2.05) is 0 Å². The number of nitrogens with one attached hydrogen (secondary N) is 1. The molecule has 2 aromatic heterocycles. The molecule has 134 valence electrons. The molecule has 1 saturated heterocycles. The van der Waals surface area contributed by atoms with Crippen LogP contribution in [0.5, 0.6) is 0 Å². The Morgan fingerprint density at radius 3 is 2.68 bits per heavy atom. The Hall–Kier alpha value is -1.48. The van der Waals surface area contributed by atoms with Gasteiger partial charge >= 0.3 is 0 Å². The quantitative estimate of drug-likeness (QED) is 0.838.